The largest absolute Gasteiger partial charge is 0.310 e. The van der Waals surface area contributed by atoms with E-state index >= 15 is 4.39 Å². The van der Waals surface area contributed by atoms with Gasteiger partial charge < -0.3 is 14.4 Å². The molecule has 0 radical (unpaired) electrons. The molecule has 388 valence electrons. The first-order valence-corrected chi connectivity index (χ1v) is 29.9. The summed E-state index contributed by atoms with van der Waals surface area (Å²) in [5, 5.41) is 9.49. The number of halogens is 1. The van der Waals surface area contributed by atoms with Crippen molar-refractivity contribution >= 4 is 130 Å². The summed E-state index contributed by atoms with van der Waals surface area (Å²) in [5.74, 6) is -0.254. The van der Waals surface area contributed by atoms with Gasteiger partial charge >= 0.3 is 0 Å². The van der Waals surface area contributed by atoms with E-state index in [4.69, 9.17) is 0 Å². The molecule has 1 spiro atoms. The standard InChI is InChI=1S/C77H46FN3S2/c78-49-32-36-57-56-26-12-15-29-64(56)77(66(57)42-49)65-41-48-19-11-10-18-47(48)40-62(65)74-67(77)46-69(80(51-22-6-2-7-23-51)55-35-39-73-61(44-55)59-28-14-17-31-71(59)83-73)76-75(74)63-45-53(33-37-68(63)81(76)52-24-8-3-9-25-52)79(50-20-4-1-5-21-50)54-34-38-72-60(43-54)58-27-13-16-30-70(58)82-72/h1-46H. The van der Waals surface area contributed by atoms with Crippen molar-refractivity contribution in [3.63, 3.8) is 0 Å². The van der Waals surface area contributed by atoms with Gasteiger partial charge in [-0.05, 0) is 189 Å². The summed E-state index contributed by atoms with van der Waals surface area (Å²) in [6, 6.07) is 101. The quantitative estimate of drug-likeness (QED) is 0.158. The van der Waals surface area contributed by atoms with Crippen LogP contribution in [0.3, 0.4) is 0 Å². The molecule has 1 unspecified atom stereocenters. The van der Waals surface area contributed by atoms with Gasteiger partial charge in [-0.15, -0.1) is 22.7 Å². The Labute approximate surface area is 485 Å². The first kappa shape index (κ1) is 46.6. The SMILES string of the molecule is Fc1ccc2c(c1)C1(c3ccccc3-2)c2cc3ccccc3cc2-c2c1cc(N(c1ccccc1)c1ccc3sc4ccccc4c3c1)c1c2c2cc(N(c3ccccc3)c3ccc4sc5ccccc5c4c3)ccc2n1-c1ccccc1. The first-order chi connectivity index (χ1) is 41.1. The fourth-order valence-corrected chi connectivity index (χ4v) is 16.6. The highest BCUT2D eigenvalue weighted by Gasteiger charge is 2.53. The van der Waals surface area contributed by atoms with E-state index in [9.17, 15) is 0 Å². The van der Waals surface area contributed by atoms with Crippen LogP contribution in [-0.2, 0) is 5.41 Å². The van der Waals surface area contributed by atoms with Crippen LogP contribution in [0.25, 0.3) is 101 Å². The Morgan fingerprint density at radius 3 is 1.54 bits per heavy atom. The topological polar surface area (TPSA) is 11.4 Å². The number of anilines is 6. The number of thiophene rings is 2. The average molecular weight is 1100 g/mol. The smallest absolute Gasteiger partial charge is 0.123 e. The van der Waals surface area contributed by atoms with Crippen molar-refractivity contribution in [2.45, 2.75) is 5.41 Å². The number of rotatable bonds is 7. The molecule has 16 aromatic rings. The van der Waals surface area contributed by atoms with Crippen LogP contribution in [0.2, 0.25) is 0 Å². The average Bonchev–Trinajstić information content (AvgIpc) is 1.54. The minimum Gasteiger partial charge on any atom is -0.310 e. The van der Waals surface area contributed by atoms with Crippen molar-refractivity contribution in [2.24, 2.45) is 0 Å². The molecule has 83 heavy (non-hydrogen) atoms. The number of hydrogen-bond acceptors (Lipinski definition) is 4. The molecule has 0 bridgehead atoms. The lowest BCUT2D eigenvalue weighted by Crippen LogP contribution is -2.26. The summed E-state index contributed by atoms with van der Waals surface area (Å²) in [6.07, 6.45) is 0. The van der Waals surface area contributed by atoms with E-state index in [0.717, 1.165) is 117 Å². The predicted molar refractivity (Wildman–Crippen MR) is 350 cm³/mol. The number of benzene rings is 13. The van der Waals surface area contributed by atoms with Gasteiger partial charge in [-0.3, -0.25) is 0 Å². The maximum atomic E-state index is 16.7. The molecule has 0 saturated carbocycles. The van der Waals surface area contributed by atoms with E-state index < -0.39 is 5.41 Å². The van der Waals surface area contributed by atoms with Gasteiger partial charge in [0.05, 0.1) is 22.1 Å². The molecular weight excluding hydrogens is 1050 g/mol. The maximum absolute atomic E-state index is 16.7. The fourth-order valence-electron chi connectivity index (χ4n) is 14.4. The van der Waals surface area contributed by atoms with Crippen LogP contribution in [0.15, 0.2) is 279 Å². The summed E-state index contributed by atoms with van der Waals surface area (Å²) >= 11 is 3.67. The highest BCUT2D eigenvalue weighted by atomic mass is 32.1. The molecule has 0 amide bonds. The van der Waals surface area contributed by atoms with Gasteiger partial charge in [0.25, 0.3) is 0 Å². The van der Waals surface area contributed by atoms with Crippen molar-refractivity contribution in [1.82, 2.24) is 4.57 Å². The molecule has 3 aromatic heterocycles. The van der Waals surface area contributed by atoms with E-state index in [1.165, 1.54) is 40.3 Å². The zero-order valence-electron chi connectivity index (χ0n) is 44.6. The summed E-state index contributed by atoms with van der Waals surface area (Å²) in [7, 11) is 0. The normalized spacial score (nSPS) is 14.1. The molecule has 1 atom stereocenters. The molecular formula is C77H46FN3S2. The van der Waals surface area contributed by atoms with Crippen molar-refractivity contribution in [1.29, 1.82) is 0 Å². The van der Waals surface area contributed by atoms with Crippen LogP contribution in [0.1, 0.15) is 22.3 Å². The fraction of sp³-hybridized carbons (Fsp3) is 0.0130. The molecule has 3 heterocycles. The molecule has 0 fully saturated rings. The van der Waals surface area contributed by atoms with Crippen LogP contribution < -0.4 is 9.80 Å². The molecule has 18 rings (SSSR count). The minimum absolute atomic E-state index is 0.254. The second-order valence-corrected chi connectivity index (χ2v) is 24.2. The third-order valence-corrected chi connectivity index (χ3v) is 20.0. The Kier molecular flexibility index (Phi) is 9.94. The molecule has 2 aliphatic carbocycles. The lowest BCUT2D eigenvalue weighted by molar-refractivity contribution is 0.622. The zero-order chi connectivity index (χ0) is 54.5. The minimum atomic E-state index is -0.908. The van der Waals surface area contributed by atoms with Crippen LogP contribution in [0.4, 0.5) is 38.5 Å². The van der Waals surface area contributed by atoms with E-state index in [0.29, 0.717) is 0 Å². The van der Waals surface area contributed by atoms with E-state index in [2.05, 4.69) is 275 Å². The van der Waals surface area contributed by atoms with Gasteiger partial charge in [0, 0.05) is 85.2 Å². The van der Waals surface area contributed by atoms with Gasteiger partial charge in [-0.2, -0.15) is 0 Å². The second-order valence-electron chi connectivity index (χ2n) is 22.0. The van der Waals surface area contributed by atoms with Crippen molar-refractivity contribution in [2.75, 3.05) is 9.80 Å². The maximum Gasteiger partial charge on any atom is 0.123 e. The predicted octanol–water partition coefficient (Wildman–Crippen LogP) is 22.1. The summed E-state index contributed by atoms with van der Waals surface area (Å²) in [6.45, 7) is 0. The van der Waals surface area contributed by atoms with Crippen LogP contribution in [0, 0.1) is 5.82 Å². The van der Waals surface area contributed by atoms with Crippen molar-refractivity contribution in [3.05, 3.63) is 307 Å². The monoisotopic (exact) mass is 1100 g/mol. The Bertz CT molecular complexity index is 5370. The van der Waals surface area contributed by atoms with E-state index in [1.807, 2.05) is 34.8 Å². The molecule has 0 aliphatic heterocycles. The lowest BCUT2D eigenvalue weighted by Gasteiger charge is -2.33. The number of nitrogens with zero attached hydrogens (tertiary/aromatic N) is 3. The van der Waals surface area contributed by atoms with Gasteiger partial charge in [0.1, 0.15) is 5.82 Å². The molecule has 13 aromatic carbocycles. The lowest BCUT2D eigenvalue weighted by atomic mass is 9.70. The van der Waals surface area contributed by atoms with Gasteiger partial charge in [0.15, 0.2) is 0 Å². The summed E-state index contributed by atoms with van der Waals surface area (Å²) < 4.78 is 24.2. The number of hydrogen-bond donors (Lipinski definition) is 0. The molecule has 0 N–H and O–H groups in total. The Balaban J connectivity index is 1.04. The third kappa shape index (κ3) is 6.64. The van der Waals surface area contributed by atoms with Gasteiger partial charge in [-0.1, -0.05) is 146 Å². The van der Waals surface area contributed by atoms with Crippen molar-refractivity contribution < 1.29 is 4.39 Å². The van der Waals surface area contributed by atoms with Gasteiger partial charge in [0.2, 0.25) is 0 Å². The molecule has 3 nitrogen and oxygen atoms in total. The Morgan fingerprint density at radius 2 is 0.855 bits per heavy atom. The molecule has 2 aliphatic rings. The number of aromatic nitrogens is 1. The molecule has 0 saturated heterocycles. The van der Waals surface area contributed by atoms with E-state index in [1.54, 1.807) is 6.07 Å². The van der Waals surface area contributed by atoms with Crippen LogP contribution >= 0.6 is 22.7 Å². The van der Waals surface area contributed by atoms with Crippen molar-refractivity contribution in [3.8, 4) is 27.9 Å². The number of fused-ring (bicyclic) bond motifs is 21. The van der Waals surface area contributed by atoms with Gasteiger partial charge in [-0.25, -0.2) is 4.39 Å². The highest BCUT2D eigenvalue weighted by Crippen LogP contribution is 2.66. The highest BCUT2D eigenvalue weighted by molar-refractivity contribution is 7.26. The summed E-state index contributed by atoms with van der Waals surface area (Å²) in [5.41, 5.74) is 17.4. The summed E-state index contributed by atoms with van der Waals surface area (Å²) in [4.78, 5) is 4.91. The Hall–Kier alpha value is -10.1. The third-order valence-electron chi connectivity index (χ3n) is 17.7. The second kappa shape index (κ2) is 17.7. The zero-order valence-corrected chi connectivity index (χ0v) is 46.2. The number of para-hydroxylation sites is 3. The van der Waals surface area contributed by atoms with E-state index in [-0.39, 0.29) is 5.82 Å². The van der Waals surface area contributed by atoms with Crippen LogP contribution in [0.5, 0.6) is 0 Å². The van der Waals surface area contributed by atoms with Crippen LogP contribution in [-0.4, -0.2) is 4.57 Å². The molecule has 6 heteroatoms. The Morgan fingerprint density at radius 1 is 0.337 bits per heavy atom. The first-order valence-electron chi connectivity index (χ1n) is 28.2.